The molecular formula is C21H32N6O2. The number of rotatable bonds is 4. The first-order valence-electron chi connectivity index (χ1n) is 10.8. The van der Waals surface area contributed by atoms with Gasteiger partial charge >= 0.3 is 0 Å². The lowest BCUT2D eigenvalue weighted by molar-refractivity contribution is -0.140. The van der Waals surface area contributed by atoms with Gasteiger partial charge in [-0.15, -0.1) is 0 Å². The number of piperazine rings is 1. The van der Waals surface area contributed by atoms with Gasteiger partial charge in [0.25, 0.3) is 0 Å². The number of aromatic nitrogens is 2. The summed E-state index contributed by atoms with van der Waals surface area (Å²) in [5.74, 6) is 0.468. The molecular weight excluding hydrogens is 368 g/mol. The van der Waals surface area contributed by atoms with Gasteiger partial charge in [0.1, 0.15) is 0 Å². The van der Waals surface area contributed by atoms with E-state index in [9.17, 15) is 9.59 Å². The van der Waals surface area contributed by atoms with E-state index in [1.165, 1.54) is 0 Å². The van der Waals surface area contributed by atoms with Gasteiger partial charge < -0.3 is 15.1 Å². The minimum Gasteiger partial charge on any atom is -0.339 e. The maximum Gasteiger partial charge on any atom is 0.236 e. The third-order valence-electron chi connectivity index (χ3n) is 6.68. The Kier molecular flexibility index (Phi) is 6.10. The summed E-state index contributed by atoms with van der Waals surface area (Å²) >= 11 is 0. The number of carbonyl (C=O) groups is 2. The zero-order chi connectivity index (χ0) is 20.3. The first-order chi connectivity index (χ1) is 14.0. The van der Waals surface area contributed by atoms with E-state index >= 15 is 0 Å². The summed E-state index contributed by atoms with van der Waals surface area (Å²) in [5.41, 5.74) is 1.92. The molecule has 1 spiro atoms. The number of hydrogen-bond acceptors (Lipinski definition) is 6. The fraction of sp³-hybridized carbons (Fsp3) is 0.714. The van der Waals surface area contributed by atoms with Crippen molar-refractivity contribution in [3.05, 3.63) is 23.8 Å². The Balaban J connectivity index is 1.30. The molecule has 2 amide bonds. The van der Waals surface area contributed by atoms with Gasteiger partial charge in [-0.3, -0.25) is 24.5 Å². The highest BCUT2D eigenvalue weighted by atomic mass is 16.2. The van der Waals surface area contributed by atoms with E-state index in [1.807, 2.05) is 16.7 Å². The number of nitrogens with zero attached hydrogens (tertiary/aromatic N) is 5. The molecule has 1 aromatic rings. The molecule has 8 nitrogen and oxygen atoms in total. The van der Waals surface area contributed by atoms with Crippen molar-refractivity contribution in [3.63, 3.8) is 0 Å². The number of amides is 2. The van der Waals surface area contributed by atoms with E-state index in [1.54, 1.807) is 12.4 Å². The zero-order valence-electron chi connectivity index (χ0n) is 17.4. The van der Waals surface area contributed by atoms with Crippen LogP contribution in [0.5, 0.6) is 0 Å². The second kappa shape index (κ2) is 8.75. The standard InChI is InChI=1S/C21H32N6O2/c1-17-12-24-18(13-23-17)14-27-16-21(3-2-19(27)28)4-8-25(9-5-21)15-20(29)26-10-6-22-7-11-26/h12-13,22H,2-11,14-16H2,1H3. The summed E-state index contributed by atoms with van der Waals surface area (Å²) in [4.78, 5) is 40.0. The van der Waals surface area contributed by atoms with E-state index in [0.717, 1.165) is 76.5 Å². The number of nitrogens with one attached hydrogen (secondary N) is 1. The molecule has 3 aliphatic heterocycles. The van der Waals surface area contributed by atoms with Crippen LogP contribution in [0, 0.1) is 12.3 Å². The molecule has 0 aliphatic carbocycles. The van der Waals surface area contributed by atoms with Gasteiger partial charge in [0.05, 0.1) is 30.7 Å². The van der Waals surface area contributed by atoms with E-state index in [0.29, 0.717) is 19.5 Å². The molecule has 0 radical (unpaired) electrons. The van der Waals surface area contributed by atoms with Crippen LogP contribution in [0.2, 0.25) is 0 Å². The lowest BCUT2D eigenvalue weighted by Crippen LogP contribution is -2.53. The van der Waals surface area contributed by atoms with Crippen LogP contribution in [-0.4, -0.2) is 88.8 Å². The average molecular weight is 401 g/mol. The van der Waals surface area contributed by atoms with Crippen molar-refractivity contribution in [1.82, 2.24) is 30.0 Å². The number of carbonyl (C=O) groups excluding carboxylic acids is 2. The number of hydrogen-bond donors (Lipinski definition) is 1. The van der Waals surface area contributed by atoms with Crippen LogP contribution < -0.4 is 5.32 Å². The van der Waals surface area contributed by atoms with Crippen LogP contribution in [0.3, 0.4) is 0 Å². The Morgan fingerprint density at radius 1 is 1.10 bits per heavy atom. The van der Waals surface area contributed by atoms with Crippen LogP contribution in [0.1, 0.15) is 37.1 Å². The summed E-state index contributed by atoms with van der Waals surface area (Å²) in [6.07, 6.45) is 7.19. The smallest absolute Gasteiger partial charge is 0.236 e. The molecule has 3 aliphatic rings. The highest BCUT2D eigenvalue weighted by Gasteiger charge is 2.41. The third-order valence-corrected chi connectivity index (χ3v) is 6.68. The summed E-state index contributed by atoms with van der Waals surface area (Å²) in [7, 11) is 0. The first-order valence-corrected chi connectivity index (χ1v) is 10.8. The Morgan fingerprint density at radius 2 is 1.86 bits per heavy atom. The summed E-state index contributed by atoms with van der Waals surface area (Å²) in [5, 5.41) is 3.29. The molecule has 4 heterocycles. The van der Waals surface area contributed by atoms with Gasteiger partial charge in [0.15, 0.2) is 0 Å². The lowest BCUT2D eigenvalue weighted by Gasteiger charge is -2.47. The molecule has 1 aromatic heterocycles. The van der Waals surface area contributed by atoms with Gasteiger partial charge in [-0.2, -0.15) is 0 Å². The predicted octanol–water partition coefficient (Wildman–Crippen LogP) is 0.421. The van der Waals surface area contributed by atoms with Crippen LogP contribution in [0.25, 0.3) is 0 Å². The fourth-order valence-corrected chi connectivity index (χ4v) is 4.74. The third kappa shape index (κ3) is 4.93. The molecule has 0 atom stereocenters. The van der Waals surface area contributed by atoms with Crippen molar-refractivity contribution in [2.24, 2.45) is 5.41 Å². The highest BCUT2D eigenvalue weighted by Crippen LogP contribution is 2.40. The fourth-order valence-electron chi connectivity index (χ4n) is 4.74. The number of aryl methyl sites for hydroxylation is 1. The first kappa shape index (κ1) is 20.2. The van der Waals surface area contributed by atoms with Gasteiger partial charge in [0.2, 0.25) is 11.8 Å². The van der Waals surface area contributed by atoms with E-state index in [2.05, 4.69) is 20.2 Å². The number of piperidine rings is 2. The Morgan fingerprint density at radius 3 is 2.55 bits per heavy atom. The van der Waals surface area contributed by atoms with Crippen molar-refractivity contribution in [2.75, 3.05) is 52.4 Å². The molecule has 0 bridgehead atoms. The second-order valence-electron chi connectivity index (χ2n) is 8.81. The summed E-state index contributed by atoms with van der Waals surface area (Å²) in [6, 6.07) is 0. The molecule has 8 heteroatoms. The summed E-state index contributed by atoms with van der Waals surface area (Å²) in [6.45, 7) is 9.06. The molecule has 4 rings (SSSR count). The Bertz CT molecular complexity index is 723. The minimum absolute atomic E-state index is 0.181. The Labute approximate surface area is 172 Å². The highest BCUT2D eigenvalue weighted by molar-refractivity contribution is 5.78. The molecule has 0 aromatic carbocycles. The van der Waals surface area contributed by atoms with E-state index in [4.69, 9.17) is 0 Å². The van der Waals surface area contributed by atoms with Crippen molar-refractivity contribution in [2.45, 2.75) is 39.2 Å². The van der Waals surface area contributed by atoms with Gasteiger partial charge in [-0.25, -0.2) is 0 Å². The van der Waals surface area contributed by atoms with Crippen LogP contribution >= 0.6 is 0 Å². The molecule has 1 N–H and O–H groups in total. The van der Waals surface area contributed by atoms with E-state index < -0.39 is 0 Å². The topological polar surface area (TPSA) is 81.7 Å². The van der Waals surface area contributed by atoms with E-state index in [-0.39, 0.29) is 17.2 Å². The second-order valence-corrected chi connectivity index (χ2v) is 8.81. The van der Waals surface area contributed by atoms with Crippen LogP contribution in [0.4, 0.5) is 0 Å². The predicted molar refractivity (Wildman–Crippen MR) is 109 cm³/mol. The van der Waals surface area contributed by atoms with Crippen molar-refractivity contribution in [3.8, 4) is 0 Å². The largest absolute Gasteiger partial charge is 0.339 e. The van der Waals surface area contributed by atoms with Gasteiger partial charge in [0, 0.05) is 45.3 Å². The SMILES string of the molecule is Cc1cnc(CN2CC3(CCC2=O)CCN(CC(=O)N2CCNCC2)CC3)cn1. The molecule has 0 unspecified atom stereocenters. The van der Waals surface area contributed by atoms with Crippen molar-refractivity contribution < 1.29 is 9.59 Å². The molecule has 158 valence electrons. The Hall–Kier alpha value is -2.06. The quantitative estimate of drug-likeness (QED) is 0.789. The van der Waals surface area contributed by atoms with Crippen LogP contribution in [0.15, 0.2) is 12.4 Å². The minimum atomic E-state index is 0.181. The number of likely N-dealkylation sites (tertiary alicyclic amines) is 2. The molecule has 0 saturated carbocycles. The molecule has 29 heavy (non-hydrogen) atoms. The monoisotopic (exact) mass is 400 g/mol. The van der Waals surface area contributed by atoms with Crippen molar-refractivity contribution >= 4 is 11.8 Å². The maximum absolute atomic E-state index is 12.5. The van der Waals surface area contributed by atoms with Gasteiger partial charge in [-0.05, 0) is 44.7 Å². The van der Waals surface area contributed by atoms with Crippen molar-refractivity contribution in [1.29, 1.82) is 0 Å². The van der Waals surface area contributed by atoms with Gasteiger partial charge in [-0.1, -0.05) is 0 Å². The molecule has 3 fully saturated rings. The zero-order valence-corrected chi connectivity index (χ0v) is 17.4. The molecule has 3 saturated heterocycles. The lowest BCUT2D eigenvalue weighted by atomic mass is 9.72. The summed E-state index contributed by atoms with van der Waals surface area (Å²) < 4.78 is 0. The van der Waals surface area contributed by atoms with Crippen LogP contribution in [-0.2, 0) is 16.1 Å². The maximum atomic E-state index is 12.5. The average Bonchev–Trinajstić information content (AvgIpc) is 2.75. The normalized spacial score (nSPS) is 22.9.